The van der Waals surface area contributed by atoms with E-state index < -0.39 is 5.82 Å². The van der Waals surface area contributed by atoms with Gasteiger partial charge in [0.1, 0.15) is 29.7 Å². The van der Waals surface area contributed by atoms with E-state index in [9.17, 15) is 8.78 Å². The number of halogens is 2. The van der Waals surface area contributed by atoms with Crippen molar-refractivity contribution >= 4 is 0 Å². The topological polar surface area (TPSA) is 53.2 Å². The first-order valence-corrected chi connectivity index (χ1v) is 5.81. The third-order valence-electron chi connectivity index (χ3n) is 2.09. The van der Waals surface area contributed by atoms with Gasteiger partial charge in [0.05, 0.1) is 12.5 Å². The number of phenols is 1. The summed E-state index contributed by atoms with van der Waals surface area (Å²) < 4.78 is 29.6. The van der Waals surface area contributed by atoms with Crippen molar-refractivity contribution in [3.05, 3.63) is 60.2 Å². The zero-order valence-electron chi connectivity index (χ0n) is 10.6. The minimum atomic E-state index is -0.412. The maximum atomic E-state index is 12.5. The average molecular weight is 277 g/mol. The SMILES string of the molecule is N#CCCOc1cccc(F)c1.Oc1cccc(F)c1. The molecule has 0 unspecified atom stereocenters. The fourth-order valence-corrected chi connectivity index (χ4v) is 1.25. The van der Waals surface area contributed by atoms with Crippen LogP contribution in [0.25, 0.3) is 0 Å². The Morgan fingerprint density at radius 2 is 1.70 bits per heavy atom. The van der Waals surface area contributed by atoms with Crippen LogP contribution in [0.5, 0.6) is 11.5 Å². The molecule has 0 amide bonds. The zero-order valence-corrected chi connectivity index (χ0v) is 10.6. The van der Waals surface area contributed by atoms with Gasteiger partial charge in [-0.1, -0.05) is 12.1 Å². The fraction of sp³-hybridized carbons (Fsp3) is 0.133. The summed E-state index contributed by atoms with van der Waals surface area (Å²) in [6.07, 6.45) is 0.316. The maximum absolute atomic E-state index is 12.5. The van der Waals surface area contributed by atoms with Crippen LogP contribution >= 0.6 is 0 Å². The van der Waals surface area contributed by atoms with Crippen molar-refractivity contribution in [2.45, 2.75) is 6.42 Å². The highest BCUT2D eigenvalue weighted by Crippen LogP contribution is 2.11. The predicted molar refractivity (Wildman–Crippen MR) is 70.2 cm³/mol. The zero-order chi connectivity index (χ0) is 14.8. The van der Waals surface area contributed by atoms with Crippen molar-refractivity contribution in [1.82, 2.24) is 0 Å². The number of hydrogen-bond donors (Lipinski definition) is 1. The minimum Gasteiger partial charge on any atom is -0.508 e. The molecule has 0 heterocycles. The van der Waals surface area contributed by atoms with Gasteiger partial charge in [-0.25, -0.2) is 8.78 Å². The first-order valence-electron chi connectivity index (χ1n) is 5.81. The van der Waals surface area contributed by atoms with E-state index in [1.807, 2.05) is 6.07 Å². The Bertz CT molecular complexity index is 565. The van der Waals surface area contributed by atoms with Crippen LogP contribution in [-0.2, 0) is 0 Å². The number of hydrogen-bond acceptors (Lipinski definition) is 3. The van der Waals surface area contributed by atoms with E-state index in [1.54, 1.807) is 12.1 Å². The van der Waals surface area contributed by atoms with Crippen LogP contribution in [0.3, 0.4) is 0 Å². The van der Waals surface area contributed by atoms with Gasteiger partial charge in [-0.3, -0.25) is 0 Å². The van der Waals surface area contributed by atoms with Crippen molar-refractivity contribution in [3.8, 4) is 17.6 Å². The van der Waals surface area contributed by atoms with Gasteiger partial charge in [-0.15, -0.1) is 0 Å². The van der Waals surface area contributed by atoms with E-state index in [1.165, 1.54) is 30.3 Å². The van der Waals surface area contributed by atoms with E-state index in [-0.39, 0.29) is 11.6 Å². The summed E-state index contributed by atoms with van der Waals surface area (Å²) in [5.74, 6) is -0.315. The van der Waals surface area contributed by atoms with Gasteiger partial charge in [0.15, 0.2) is 0 Å². The Balaban J connectivity index is 0.000000217. The second-order valence-electron chi connectivity index (χ2n) is 3.69. The Morgan fingerprint density at radius 1 is 1.05 bits per heavy atom. The first-order chi connectivity index (χ1) is 9.61. The molecule has 2 rings (SSSR count). The standard InChI is InChI=1S/C9H8FNO.C6H5FO/c10-8-3-1-4-9(7-8)12-6-2-5-11;7-5-2-1-3-6(8)4-5/h1,3-4,7H,2,6H2;1-4,8H. The van der Waals surface area contributed by atoms with Gasteiger partial charge in [0.2, 0.25) is 0 Å². The molecule has 0 saturated carbocycles. The van der Waals surface area contributed by atoms with Gasteiger partial charge in [-0.2, -0.15) is 5.26 Å². The third-order valence-corrected chi connectivity index (χ3v) is 2.09. The highest BCUT2D eigenvalue weighted by atomic mass is 19.1. The molecule has 0 aliphatic rings. The lowest BCUT2D eigenvalue weighted by Crippen LogP contribution is -1.95. The molecule has 20 heavy (non-hydrogen) atoms. The van der Waals surface area contributed by atoms with E-state index >= 15 is 0 Å². The van der Waals surface area contributed by atoms with Crippen LogP contribution in [-0.4, -0.2) is 11.7 Å². The molecule has 0 aromatic heterocycles. The molecule has 0 radical (unpaired) electrons. The van der Waals surface area contributed by atoms with Crippen molar-refractivity contribution < 1.29 is 18.6 Å². The third kappa shape index (κ3) is 6.36. The Labute approximate surface area is 115 Å². The largest absolute Gasteiger partial charge is 0.508 e. The molecule has 0 spiro atoms. The Hall–Kier alpha value is -2.61. The van der Waals surface area contributed by atoms with Crippen LogP contribution in [0.4, 0.5) is 8.78 Å². The van der Waals surface area contributed by atoms with Gasteiger partial charge in [0, 0.05) is 12.1 Å². The minimum absolute atomic E-state index is 0.0370. The summed E-state index contributed by atoms with van der Waals surface area (Å²) >= 11 is 0. The number of nitriles is 1. The van der Waals surface area contributed by atoms with Crippen molar-refractivity contribution in [2.24, 2.45) is 0 Å². The summed E-state index contributed by atoms with van der Waals surface area (Å²) in [6.45, 7) is 0.306. The predicted octanol–water partition coefficient (Wildman–Crippen LogP) is 3.65. The second kappa shape index (κ2) is 8.48. The van der Waals surface area contributed by atoms with Gasteiger partial charge in [-0.05, 0) is 24.3 Å². The fourth-order valence-electron chi connectivity index (χ4n) is 1.25. The number of rotatable bonds is 3. The van der Waals surface area contributed by atoms with Crippen LogP contribution in [0.2, 0.25) is 0 Å². The van der Waals surface area contributed by atoms with Crippen molar-refractivity contribution in [2.75, 3.05) is 6.61 Å². The van der Waals surface area contributed by atoms with Crippen LogP contribution in [0, 0.1) is 23.0 Å². The summed E-state index contributed by atoms with van der Waals surface area (Å²) in [7, 11) is 0. The van der Waals surface area contributed by atoms with Crippen molar-refractivity contribution in [1.29, 1.82) is 5.26 Å². The van der Waals surface area contributed by atoms with Gasteiger partial charge in [0.25, 0.3) is 0 Å². The Morgan fingerprint density at radius 3 is 2.20 bits per heavy atom. The van der Waals surface area contributed by atoms with Crippen molar-refractivity contribution in [3.63, 3.8) is 0 Å². The number of phenolic OH excluding ortho intramolecular Hbond substituents is 1. The molecule has 104 valence electrons. The highest BCUT2D eigenvalue weighted by molar-refractivity contribution is 5.22. The normalized spacial score (nSPS) is 9.05. The van der Waals surface area contributed by atoms with E-state index in [4.69, 9.17) is 15.1 Å². The summed E-state index contributed by atoms with van der Waals surface area (Å²) in [5, 5.41) is 16.8. The average Bonchev–Trinajstić information content (AvgIpc) is 2.39. The van der Waals surface area contributed by atoms with Crippen LogP contribution in [0.15, 0.2) is 48.5 Å². The molecule has 0 saturated heterocycles. The summed E-state index contributed by atoms with van der Waals surface area (Å²) in [6, 6.07) is 13.0. The summed E-state index contributed by atoms with van der Waals surface area (Å²) in [5.41, 5.74) is 0. The van der Waals surface area contributed by atoms with E-state index in [2.05, 4.69) is 0 Å². The molecular weight excluding hydrogens is 264 g/mol. The lowest BCUT2D eigenvalue weighted by atomic mass is 10.3. The van der Waals surface area contributed by atoms with E-state index in [0.29, 0.717) is 18.8 Å². The highest BCUT2D eigenvalue weighted by Gasteiger charge is 1.94. The number of ether oxygens (including phenoxy) is 1. The number of benzene rings is 2. The molecular formula is C15H13F2NO2. The molecule has 3 nitrogen and oxygen atoms in total. The maximum Gasteiger partial charge on any atom is 0.126 e. The van der Waals surface area contributed by atoms with Crippen LogP contribution in [0.1, 0.15) is 6.42 Å². The number of nitrogens with zero attached hydrogens (tertiary/aromatic N) is 1. The van der Waals surface area contributed by atoms with Crippen LogP contribution < -0.4 is 4.74 Å². The first kappa shape index (κ1) is 15.4. The van der Waals surface area contributed by atoms with E-state index in [0.717, 1.165) is 6.07 Å². The second-order valence-corrected chi connectivity index (χ2v) is 3.69. The molecule has 2 aromatic rings. The molecule has 2 aromatic carbocycles. The van der Waals surface area contributed by atoms with Gasteiger partial charge >= 0.3 is 0 Å². The molecule has 0 atom stereocenters. The summed E-state index contributed by atoms with van der Waals surface area (Å²) in [4.78, 5) is 0. The molecule has 0 fully saturated rings. The smallest absolute Gasteiger partial charge is 0.126 e. The molecule has 1 N–H and O–H groups in total. The monoisotopic (exact) mass is 277 g/mol. The molecule has 0 aliphatic heterocycles. The lowest BCUT2D eigenvalue weighted by Gasteiger charge is -2.01. The van der Waals surface area contributed by atoms with Gasteiger partial charge < -0.3 is 9.84 Å². The number of aromatic hydroxyl groups is 1. The Kier molecular flexibility index (Phi) is 6.55. The molecule has 0 aliphatic carbocycles. The quantitative estimate of drug-likeness (QED) is 0.871. The lowest BCUT2D eigenvalue weighted by molar-refractivity contribution is 0.325. The molecule has 0 bridgehead atoms. The molecule has 5 heteroatoms.